The molecule has 5 nitrogen and oxygen atoms in total. The van der Waals surface area contributed by atoms with E-state index in [1.807, 2.05) is 25.1 Å². The third-order valence-corrected chi connectivity index (χ3v) is 5.12. The molecule has 3 rings (SSSR count). The smallest absolute Gasteiger partial charge is 0.245 e. The standard InChI is InChI=1S/C17H22N4OS.2ClH/c1-3-14-11(2)23-17(19-14)20-16(22)10-21-9-5-6-12-13(18)7-4-8-15(12)21;;/h4,7-8H,3,5-6,9-10,18H2,1-2H3,(H,19,20,22);2*1H. The van der Waals surface area contributed by atoms with Gasteiger partial charge in [0.15, 0.2) is 5.13 Å². The van der Waals surface area contributed by atoms with Gasteiger partial charge in [0.05, 0.1) is 12.2 Å². The molecule has 0 fully saturated rings. The Bertz CT molecular complexity index is 735. The molecule has 0 saturated carbocycles. The summed E-state index contributed by atoms with van der Waals surface area (Å²) in [6, 6.07) is 5.91. The van der Waals surface area contributed by atoms with Crippen LogP contribution < -0.4 is 16.0 Å². The van der Waals surface area contributed by atoms with Crippen molar-refractivity contribution >= 4 is 58.6 Å². The predicted molar refractivity (Wildman–Crippen MR) is 111 cm³/mol. The molecule has 138 valence electrons. The first kappa shape index (κ1) is 21.5. The van der Waals surface area contributed by atoms with Crippen LogP contribution >= 0.6 is 36.2 Å². The van der Waals surface area contributed by atoms with Crippen LogP contribution in [0.2, 0.25) is 0 Å². The number of halogens is 2. The minimum Gasteiger partial charge on any atom is -0.398 e. The summed E-state index contributed by atoms with van der Waals surface area (Å²) in [7, 11) is 0. The van der Waals surface area contributed by atoms with E-state index in [0.29, 0.717) is 11.7 Å². The first-order valence-electron chi connectivity index (χ1n) is 7.97. The molecular weight excluding hydrogens is 379 g/mol. The Kier molecular flexibility index (Phi) is 7.99. The second-order valence-electron chi connectivity index (χ2n) is 5.79. The number of thiazole rings is 1. The minimum absolute atomic E-state index is 0. The lowest BCUT2D eigenvalue weighted by Gasteiger charge is -2.31. The number of anilines is 3. The van der Waals surface area contributed by atoms with Crippen molar-refractivity contribution in [2.45, 2.75) is 33.1 Å². The highest BCUT2D eigenvalue weighted by Crippen LogP contribution is 2.31. The molecule has 0 spiro atoms. The second kappa shape index (κ2) is 9.27. The minimum atomic E-state index is -0.0309. The van der Waals surface area contributed by atoms with Gasteiger partial charge in [-0.15, -0.1) is 36.2 Å². The van der Waals surface area contributed by atoms with Gasteiger partial charge in [0, 0.05) is 22.8 Å². The van der Waals surface area contributed by atoms with Crippen LogP contribution in [-0.2, 0) is 17.6 Å². The quantitative estimate of drug-likeness (QED) is 0.762. The Balaban J connectivity index is 0.00000156. The zero-order valence-electron chi connectivity index (χ0n) is 14.4. The summed E-state index contributed by atoms with van der Waals surface area (Å²) >= 11 is 1.54. The summed E-state index contributed by atoms with van der Waals surface area (Å²) in [5, 5.41) is 3.61. The van der Waals surface area contributed by atoms with Gasteiger partial charge in [-0.2, -0.15) is 0 Å². The topological polar surface area (TPSA) is 71.2 Å². The summed E-state index contributed by atoms with van der Waals surface area (Å²) < 4.78 is 0. The molecule has 1 aromatic carbocycles. The molecule has 1 aliphatic heterocycles. The number of hydrogen-bond donors (Lipinski definition) is 2. The molecule has 0 atom stereocenters. The van der Waals surface area contributed by atoms with Crippen LogP contribution in [0.15, 0.2) is 18.2 Å². The molecule has 0 bridgehead atoms. The molecular formula is C17H24Cl2N4OS. The molecule has 8 heteroatoms. The molecule has 0 radical (unpaired) electrons. The van der Waals surface area contributed by atoms with Crippen molar-refractivity contribution in [2.75, 3.05) is 29.0 Å². The van der Waals surface area contributed by atoms with E-state index < -0.39 is 0 Å². The average molecular weight is 403 g/mol. The number of nitrogens with one attached hydrogen (secondary N) is 1. The van der Waals surface area contributed by atoms with Gasteiger partial charge in [0.1, 0.15) is 0 Å². The van der Waals surface area contributed by atoms with Gasteiger partial charge in [-0.3, -0.25) is 4.79 Å². The zero-order chi connectivity index (χ0) is 16.4. The van der Waals surface area contributed by atoms with E-state index in [1.165, 1.54) is 16.2 Å². The van der Waals surface area contributed by atoms with Gasteiger partial charge in [-0.05, 0) is 43.9 Å². The molecule has 1 aromatic heterocycles. The third kappa shape index (κ3) is 4.77. The Morgan fingerprint density at radius 2 is 2.16 bits per heavy atom. The molecule has 0 aliphatic carbocycles. The highest BCUT2D eigenvalue weighted by Gasteiger charge is 2.21. The largest absolute Gasteiger partial charge is 0.398 e. The number of amides is 1. The highest BCUT2D eigenvalue weighted by molar-refractivity contribution is 7.15. The monoisotopic (exact) mass is 402 g/mol. The fraction of sp³-hybridized carbons (Fsp3) is 0.412. The number of fused-ring (bicyclic) bond motifs is 1. The van der Waals surface area contributed by atoms with Gasteiger partial charge in [0.2, 0.25) is 5.91 Å². The normalized spacial score (nSPS) is 12.6. The maximum absolute atomic E-state index is 12.4. The van der Waals surface area contributed by atoms with Crippen LogP contribution in [0.1, 0.15) is 29.5 Å². The van der Waals surface area contributed by atoms with Crippen LogP contribution in [0.5, 0.6) is 0 Å². The van der Waals surface area contributed by atoms with E-state index in [2.05, 4.69) is 22.1 Å². The molecule has 1 aliphatic rings. The lowest BCUT2D eigenvalue weighted by atomic mass is 10.00. The highest BCUT2D eigenvalue weighted by atomic mass is 35.5. The van der Waals surface area contributed by atoms with Crippen LogP contribution in [0, 0.1) is 6.92 Å². The first-order chi connectivity index (χ1) is 11.1. The third-order valence-electron chi connectivity index (χ3n) is 4.19. The van der Waals surface area contributed by atoms with Crippen molar-refractivity contribution in [2.24, 2.45) is 0 Å². The average Bonchev–Trinajstić information content (AvgIpc) is 2.88. The SMILES string of the molecule is CCc1nc(NC(=O)CN2CCCc3c(N)cccc32)sc1C.Cl.Cl. The Morgan fingerprint density at radius 3 is 2.84 bits per heavy atom. The predicted octanol–water partition coefficient (Wildman–Crippen LogP) is 3.83. The number of nitrogen functional groups attached to an aromatic ring is 1. The van der Waals surface area contributed by atoms with Crippen molar-refractivity contribution in [1.29, 1.82) is 0 Å². The van der Waals surface area contributed by atoms with Gasteiger partial charge in [-0.1, -0.05) is 13.0 Å². The molecule has 2 heterocycles. The zero-order valence-corrected chi connectivity index (χ0v) is 16.8. The van der Waals surface area contributed by atoms with Crippen molar-refractivity contribution in [3.05, 3.63) is 34.3 Å². The number of rotatable bonds is 4. The molecule has 3 N–H and O–H groups in total. The maximum atomic E-state index is 12.4. The summed E-state index contributed by atoms with van der Waals surface area (Å²) in [5.41, 5.74) is 10.2. The van der Waals surface area contributed by atoms with Crippen LogP contribution in [-0.4, -0.2) is 24.0 Å². The van der Waals surface area contributed by atoms with E-state index >= 15 is 0 Å². The Hall–Kier alpha value is -1.50. The number of carbonyl (C=O) groups excluding carboxylic acids is 1. The number of carbonyl (C=O) groups is 1. The molecule has 1 amide bonds. The van der Waals surface area contributed by atoms with Gasteiger partial charge in [0.25, 0.3) is 0 Å². The van der Waals surface area contributed by atoms with Gasteiger partial charge >= 0.3 is 0 Å². The molecule has 25 heavy (non-hydrogen) atoms. The summed E-state index contributed by atoms with van der Waals surface area (Å²) in [5.74, 6) is -0.0309. The van der Waals surface area contributed by atoms with E-state index in [9.17, 15) is 4.79 Å². The molecule has 0 unspecified atom stereocenters. The van der Waals surface area contributed by atoms with Crippen LogP contribution in [0.4, 0.5) is 16.5 Å². The fourth-order valence-electron chi connectivity index (χ4n) is 3.03. The summed E-state index contributed by atoms with van der Waals surface area (Å²) in [6.07, 6.45) is 2.88. The van der Waals surface area contributed by atoms with E-state index in [4.69, 9.17) is 5.73 Å². The van der Waals surface area contributed by atoms with Gasteiger partial charge < -0.3 is 16.0 Å². The lowest BCUT2D eigenvalue weighted by molar-refractivity contribution is -0.115. The molecule has 2 aromatic rings. The molecule has 0 saturated heterocycles. The van der Waals surface area contributed by atoms with Crippen molar-refractivity contribution in [3.8, 4) is 0 Å². The van der Waals surface area contributed by atoms with Crippen LogP contribution in [0.25, 0.3) is 0 Å². The van der Waals surface area contributed by atoms with E-state index in [-0.39, 0.29) is 30.7 Å². The summed E-state index contributed by atoms with van der Waals surface area (Å²) in [4.78, 5) is 20.1. The maximum Gasteiger partial charge on any atom is 0.245 e. The lowest BCUT2D eigenvalue weighted by Crippen LogP contribution is -2.37. The number of benzene rings is 1. The van der Waals surface area contributed by atoms with Crippen molar-refractivity contribution in [1.82, 2.24) is 4.98 Å². The number of nitrogens with two attached hydrogens (primary N) is 1. The Labute approximate surface area is 164 Å². The first-order valence-corrected chi connectivity index (χ1v) is 8.78. The fourth-order valence-corrected chi connectivity index (χ4v) is 3.95. The number of aromatic nitrogens is 1. The Morgan fingerprint density at radius 1 is 1.40 bits per heavy atom. The number of nitrogens with zero attached hydrogens (tertiary/aromatic N) is 2. The van der Waals surface area contributed by atoms with Crippen molar-refractivity contribution in [3.63, 3.8) is 0 Å². The number of aryl methyl sites for hydroxylation is 2. The van der Waals surface area contributed by atoms with Crippen LogP contribution in [0.3, 0.4) is 0 Å². The second-order valence-corrected chi connectivity index (χ2v) is 7.00. The van der Waals surface area contributed by atoms with E-state index in [0.717, 1.165) is 48.4 Å². The summed E-state index contributed by atoms with van der Waals surface area (Å²) in [6.45, 7) is 5.32. The van der Waals surface area contributed by atoms with E-state index in [1.54, 1.807) is 0 Å². The van der Waals surface area contributed by atoms with Gasteiger partial charge in [-0.25, -0.2) is 4.98 Å². The van der Waals surface area contributed by atoms with Crippen molar-refractivity contribution < 1.29 is 4.79 Å². The number of hydrogen-bond acceptors (Lipinski definition) is 5.